The molecule has 0 unspecified atom stereocenters. The molecule has 0 spiro atoms. The molecule has 0 aliphatic carbocycles. The summed E-state index contributed by atoms with van der Waals surface area (Å²) in [4.78, 5) is 25.0. The Labute approximate surface area is 201 Å². The summed E-state index contributed by atoms with van der Waals surface area (Å²) in [6.45, 7) is 3.80. The van der Waals surface area contributed by atoms with E-state index in [4.69, 9.17) is 28.6 Å². The van der Waals surface area contributed by atoms with Gasteiger partial charge in [0.25, 0.3) is 11.8 Å². The molecule has 0 aliphatic rings. The van der Waals surface area contributed by atoms with Crippen LogP contribution in [0.25, 0.3) is 0 Å². The molecule has 0 bridgehead atoms. The van der Waals surface area contributed by atoms with E-state index in [9.17, 15) is 14.0 Å². The first kappa shape index (κ1) is 24.2. The van der Waals surface area contributed by atoms with Gasteiger partial charge in [-0.2, -0.15) is 0 Å². The molecule has 3 rings (SSSR count). The van der Waals surface area contributed by atoms with Crippen molar-refractivity contribution >= 4 is 52.1 Å². The SMILES string of the molecule is CC(C)Oc1cccc(C(=O)NC(=S)Nc2cccc(C(=O)Nc3ccc(F)c(Cl)c3)c2)c1. The molecule has 3 aromatic rings. The maximum absolute atomic E-state index is 13.3. The third kappa shape index (κ3) is 7.00. The number of hydrogen-bond acceptors (Lipinski definition) is 4. The van der Waals surface area contributed by atoms with Crippen LogP contribution in [0.3, 0.4) is 0 Å². The maximum atomic E-state index is 13.3. The van der Waals surface area contributed by atoms with Crippen LogP contribution >= 0.6 is 23.8 Å². The summed E-state index contributed by atoms with van der Waals surface area (Å²) in [5, 5.41) is 8.11. The maximum Gasteiger partial charge on any atom is 0.257 e. The first-order valence-electron chi connectivity index (χ1n) is 9.97. The van der Waals surface area contributed by atoms with Crippen molar-refractivity contribution in [2.45, 2.75) is 20.0 Å². The summed E-state index contributed by atoms with van der Waals surface area (Å²) in [6.07, 6.45) is -0.0180. The Balaban J connectivity index is 1.62. The van der Waals surface area contributed by atoms with Gasteiger partial charge >= 0.3 is 0 Å². The standard InChI is InChI=1S/C24H21ClFN3O3S/c1-14(2)32-19-8-4-6-16(12-19)23(31)29-24(33)28-17-7-3-5-15(11-17)22(30)27-18-9-10-21(26)20(25)13-18/h3-14H,1-2H3,(H,27,30)(H2,28,29,31,33). The third-order valence-corrected chi connectivity index (χ3v) is 4.75. The molecule has 0 fully saturated rings. The number of rotatable bonds is 6. The molecule has 0 radical (unpaired) electrons. The van der Waals surface area contributed by atoms with Gasteiger partial charge in [0, 0.05) is 22.5 Å². The van der Waals surface area contributed by atoms with Gasteiger partial charge in [0.05, 0.1) is 11.1 Å². The highest BCUT2D eigenvalue weighted by molar-refractivity contribution is 7.80. The Kier molecular flexibility index (Phi) is 7.97. The van der Waals surface area contributed by atoms with Crippen LogP contribution in [0.15, 0.2) is 66.7 Å². The summed E-state index contributed by atoms with van der Waals surface area (Å²) in [5.74, 6) is -0.810. The zero-order valence-electron chi connectivity index (χ0n) is 17.8. The molecular weight excluding hydrogens is 465 g/mol. The molecule has 3 aromatic carbocycles. The lowest BCUT2D eigenvalue weighted by Crippen LogP contribution is -2.34. The normalized spacial score (nSPS) is 10.5. The fraction of sp³-hybridized carbons (Fsp3) is 0.125. The highest BCUT2D eigenvalue weighted by Gasteiger charge is 2.12. The van der Waals surface area contributed by atoms with Crippen molar-refractivity contribution in [1.82, 2.24) is 5.32 Å². The first-order chi connectivity index (χ1) is 15.7. The number of amides is 2. The Bertz CT molecular complexity index is 1200. The van der Waals surface area contributed by atoms with Gasteiger partial charge in [0.1, 0.15) is 11.6 Å². The smallest absolute Gasteiger partial charge is 0.257 e. The highest BCUT2D eigenvalue weighted by atomic mass is 35.5. The average Bonchev–Trinajstić information content (AvgIpc) is 2.76. The molecule has 33 heavy (non-hydrogen) atoms. The summed E-state index contributed by atoms with van der Waals surface area (Å²) in [5.41, 5.74) is 1.58. The molecule has 9 heteroatoms. The van der Waals surface area contributed by atoms with Gasteiger partial charge in [-0.15, -0.1) is 0 Å². The second kappa shape index (κ2) is 10.9. The minimum atomic E-state index is -0.574. The zero-order chi connectivity index (χ0) is 24.0. The van der Waals surface area contributed by atoms with Gasteiger partial charge in [-0.25, -0.2) is 4.39 Å². The van der Waals surface area contributed by atoms with Crippen molar-refractivity contribution in [3.63, 3.8) is 0 Å². The fourth-order valence-corrected chi connectivity index (χ4v) is 3.23. The molecule has 0 saturated carbocycles. The number of nitrogens with one attached hydrogen (secondary N) is 3. The van der Waals surface area contributed by atoms with Crippen molar-refractivity contribution in [3.05, 3.63) is 88.7 Å². The monoisotopic (exact) mass is 485 g/mol. The van der Waals surface area contributed by atoms with Gasteiger partial charge in [0.2, 0.25) is 0 Å². The van der Waals surface area contributed by atoms with Crippen molar-refractivity contribution in [3.8, 4) is 5.75 Å². The molecule has 0 aromatic heterocycles. The molecule has 3 N–H and O–H groups in total. The minimum Gasteiger partial charge on any atom is -0.491 e. The van der Waals surface area contributed by atoms with Crippen LogP contribution in [-0.4, -0.2) is 23.0 Å². The number of carbonyl (C=O) groups is 2. The van der Waals surface area contributed by atoms with Crippen molar-refractivity contribution in [2.24, 2.45) is 0 Å². The number of thiocarbonyl (C=S) groups is 1. The van der Waals surface area contributed by atoms with E-state index in [1.54, 1.807) is 48.5 Å². The number of hydrogen-bond donors (Lipinski definition) is 3. The zero-order valence-corrected chi connectivity index (χ0v) is 19.4. The average molecular weight is 486 g/mol. The number of benzene rings is 3. The molecule has 6 nitrogen and oxygen atoms in total. The number of carbonyl (C=O) groups excluding carboxylic acids is 2. The van der Waals surface area contributed by atoms with Crippen molar-refractivity contribution in [1.29, 1.82) is 0 Å². The van der Waals surface area contributed by atoms with Crippen LogP contribution in [-0.2, 0) is 0 Å². The lowest BCUT2D eigenvalue weighted by molar-refractivity contribution is 0.0975. The van der Waals surface area contributed by atoms with E-state index >= 15 is 0 Å². The Morgan fingerprint density at radius 2 is 1.58 bits per heavy atom. The van der Waals surface area contributed by atoms with Gasteiger partial charge in [-0.3, -0.25) is 14.9 Å². The van der Waals surface area contributed by atoms with Crippen molar-refractivity contribution in [2.75, 3.05) is 10.6 Å². The molecular formula is C24H21ClFN3O3S. The molecule has 170 valence electrons. The molecule has 2 amide bonds. The predicted octanol–water partition coefficient (Wildman–Crippen LogP) is 5.65. The van der Waals surface area contributed by atoms with Crippen molar-refractivity contribution < 1.29 is 18.7 Å². The van der Waals surface area contributed by atoms with Crippen LogP contribution in [0.4, 0.5) is 15.8 Å². The Morgan fingerprint density at radius 3 is 2.27 bits per heavy atom. The van der Waals surface area contributed by atoms with Crippen LogP contribution in [0.5, 0.6) is 5.75 Å². The third-order valence-electron chi connectivity index (χ3n) is 4.26. The molecule has 0 saturated heterocycles. The number of ether oxygens (including phenoxy) is 1. The Morgan fingerprint density at radius 1 is 0.909 bits per heavy atom. The Hall–Kier alpha value is -3.49. The lowest BCUT2D eigenvalue weighted by Gasteiger charge is -2.13. The molecule has 0 aliphatic heterocycles. The van der Waals surface area contributed by atoms with E-state index in [1.807, 2.05) is 13.8 Å². The first-order valence-corrected chi connectivity index (χ1v) is 10.8. The fourth-order valence-electron chi connectivity index (χ4n) is 2.84. The van der Waals surface area contributed by atoms with E-state index in [-0.39, 0.29) is 16.2 Å². The topological polar surface area (TPSA) is 79.5 Å². The minimum absolute atomic E-state index is 0.0180. The van der Waals surface area contributed by atoms with Gasteiger partial charge < -0.3 is 15.4 Å². The second-order valence-electron chi connectivity index (χ2n) is 7.27. The second-order valence-corrected chi connectivity index (χ2v) is 8.08. The summed E-state index contributed by atoms with van der Waals surface area (Å²) in [7, 11) is 0. The van der Waals surface area contributed by atoms with E-state index < -0.39 is 17.6 Å². The highest BCUT2D eigenvalue weighted by Crippen LogP contribution is 2.20. The van der Waals surface area contributed by atoms with Gasteiger partial charge in [0.15, 0.2) is 5.11 Å². The largest absolute Gasteiger partial charge is 0.491 e. The quantitative estimate of drug-likeness (QED) is 0.393. The summed E-state index contributed by atoms with van der Waals surface area (Å²) in [6, 6.07) is 17.2. The van der Waals surface area contributed by atoms with Crippen LogP contribution in [0.2, 0.25) is 5.02 Å². The molecule has 0 heterocycles. The predicted molar refractivity (Wildman–Crippen MR) is 132 cm³/mol. The van der Waals surface area contributed by atoms with E-state index in [1.165, 1.54) is 18.2 Å². The van der Waals surface area contributed by atoms with Crippen LogP contribution < -0.4 is 20.7 Å². The van der Waals surface area contributed by atoms with E-state index in [2.05, 4.69) is 16.0 Å². The van der Waals surface area contributed by atoms with Crippen LogP contribution in [0.1, 0.15) is 34.6 Å². The lowest BCUT2D eigenvalue weighted by atomic mass is 10.2. The van der Waals surface area contributed by atoms with Gasteiger partial charge in [-0.1, -0.05) is 23.7 Å². The van der Waals surface area contributed by atoms with E-state index in [0.29, 0.717) is 28.3 Å². The number of halogens is 2. The van der Waals surface area contributed by atoms with E-state index in [0.717, 1.165) is 0 Å². The van der Waals surface area contributed by atoms with Gasteiger partial charge in [-0.05, 0) is 80.7 Å². The van der Waals surface area contributed by atoms with Crippen LogP contribution in [0, 0.1) is 5.82 Å². The summed E-state index contributed by atoms with van der Waals surface area (Å²) < 4.78 is 18.9. The number of anilines is 2. The molecule has 0 atom stereocenters. The summed E-state index contributed by atoms with van der Waals surface area (Å²) >= 11 is 11.0.